The molecule has 34 heavy (non-hydrogen) atoms. The van der Waals surface area contributed by atoms with Gasteiger partial charge in [-0.3, -0.25) is 14.6 Å². The van der Waals surface area contributed by atoms with Crippen LogP contribution in [0.15, 0.2) is 60.9 Å². The molecule has 4 heterocycles. The molecule has 0 saturated carbocycles. The SMILES string of the molecule is Cc1ncccc1N1CC(C(=O)Nc2ccc(C3CCN(C(=O)c4cccnn4)CC3)cc2)C1. The van der Waals surface area contributed by atoms with Crippen molar-refractivity contribution in [1.82, 2.24) is 20.1 Å². The van der Waals surface area contributed by atoms with Gasteiger partial charge in [0.25, 0.3) is 5.91 Å². The summed E-state index contributed by atoms with van der Waals surface area (Å²) in [5.74, 6) is 0.383. The molecule has 2 aliphatic heterocycles. The zero-order valence-electron chi connectivity index (χ0n) is 19.2. The fourth-order valence-electron chi connectivity index (χ4n) is 4.73. The molecule has 3 aromatic rings. The van der Waals surface area contributed by atoms with Gasteiger partial charge < -0.3 is 15.1 Å². The van der Waals surface area contributed by atoms with Crippen molar-refractivity contribution in [2.75, 3.05) is 36.4 Å². The Morgan fingerprint density at radius 3 is 2.38 bits per heavy atom. The average Bonchev–Trinajstić information content (AvgIpc) is 2.85. The average molecular weight is 457 g/mol. The Bertz CT molecular complexity index is 1150. The highest BCUT2D eigenvalue weighted by atomic mass is 16.2. The number of aromatic nitrogens is 3. The van der Waals surface area contributed by atoms with Gasteiger partial charge in [-0.2, -0.15) is 5.10 Å². The van der Waals surface area contributed by atoms with Crippen LogP contribution in [0.2, 0.25) is 0 Å². The van der Waals surface area contributed by atoms with Gasteiger partial charge in [0.15, 0.2) is 5.69 Å². The summed E-state index contributed by atoms with van der Waals surface area (Å²) in [7, 11) is 0. The highest BCUT2D eigenvalue weighted by Crippen LogP contribution is 2.30. The molecule has 8 nitrogen and oxygen atoms in total. The van der Waals surface area contributed by atoms with Crippen molar-refractivity contribution in [3.05, 3.63) is 77.9 Å². The number of pyridine rings is 1. The summed E-state index contributed by atoms with van der Waals surface area (Å²) < 4.78 is 0. The summed E-state index contributed by atoms with van der Waals surface area (Å²) in [5, 5.41) is 10.8. The Hall–Kier alpha value is -3.81. The van der Waals surface area contributed by atoms with Crippen LogP contribution >= 0.6 is 0 Å². The predicted octanol–water partition coefficient (Wildman–Crippen LogP) is 3.27. The zero-order valence-corrected chi connectivity index (χ0v) is 19.2. The van der Waals surface area contributed by atoms with E-state index in [1.165, 1.54) is 5.56 Å². The topological polar surface area (TPSA) is 91.3 Å². The molecule has 5 rings (SSSR count). The maximum atomic E-state index is 12.7. The van der Waals surface area contributed by atoms with E-state index in [0.29, 0.717) is 37.8 Å². The van der Waals surface area contributed by atoms with Gasteiger partial charge >= 0.3 is 0 Å². The number of carbonyl (C=O) groups is 2. The van der Waals surface area contributed by atoms with E-state index in [0.717, 1.165) is 29.9 Å². The molecule has 2 saturated heterocycles. The third-order valence-electron chi connectivity index (χ3n) is 6.80. The zero-order chi connectivity index (χ0) is 23.5. The van der Waals surface area contributed by atoms with Crippen molar-refractivity contribution in [3.8, 4) is 0 Å². The highest BCUT2D eigenvalue weighted by molar-refractivity contribution is 5.94. The van der Waals surface area contributed by atoms with E-state index in [9.17, 15) is 9.59 Å². The quantitative estimate of drug-likeness (QED) is 0.634. The van der Waals surface area contributed by atoms with E-state index < -0.39 is 0 Å². The Labute approximate surface area is 199 Å². The Kier molecular flexibility index (Phi) is 6.20. The molecule has 1 N–H and O–H groups in total. The van der Waals surface area contributed by atoms with Crippen LogP contribution < -0.4 is 10.2 Å². The number of nitrogens with zero attached hydrogens (tertiary/aromatic N) is 5. The summed E-state index contributed by atoms with van der Waals surface area (Å²) in [6.07, 6.45) is 5.17. The Balaban J connectivity index is 1.11. The second-order valence-corrected chi connectivity index (χ2v) is 9.00. The molecule has 2 aliphatic rings. The number of amides is 2. The van der Waals surface area contributed by atoms with Crippen LogP contribution in [0.3, 0.4) is 0 Å². The van der Waals surface area contributed by atoms with Crippen LogP contribution in [0.25, 0.3) is 0 Å². The molecule has 0 aliphatic carbocycles. The minimum atomic E-state index is -0.0575. The minimum Gasteiger partial charge on any atom is -0.368 e. The third-order valence-corrected chi connectivity index (χ3v) is 6.80. The van der Waals surface area contributed by atoms with E-state index in [-0.39, 0.29) is 17.7 Å². The van der Waals surface area contributed by atoms with Gasteiger partial charge in [0.1, 0.15) is 0 Å². The number of benzene rings is 1. The maximum Gasteiger partial charge on any atom is 0.274 e. The van der Waals surface area contributed by atoms with Gasteiger partial charge in [-0.05, 0) is 67.6 Å². The van der Waals surface area contributed by atoms with Crippen LogP contribution in [0.1, 0.15) is 40.5 Å². The highest BCUT2D eigenvalue weighted by Gasteiger charge is 2.33. The number of anilines is 2. The van der Waals surface area contributed by atoms with Gasteiger partial charge in [0.2, 0.25) is 5.91 Å². The lowest BCUT2D eigenvalue weighted by molar-refractivity contribution is -0.120. The molecule has 8 heteroatoms. The van der Waals surface area contributed by atoms with E-state index in [4.69, 9.17) is 0 Å². The molecule has 2 aromatic heterocycles. The summed E-state index contributed by atoms with van der Waals surface area (Å²) in [5.41, 5.74) is 4.54. The van der Waals surface area contributed by atoms with Gasteiger partial charge in [-0.15, -0.1) is 5.10 Å². The van der Waals surface area contributed by atoms with Crippen LogP contribution in [0.4, 0.5) is 11.4 Å². The molecule has 0 bridgehead atoms. The molecular weight excluding hydrogens is 428 g/mol. The lowest BCUT2D eigenvalue weighted by Crippen LogP contribution is -2.52. The molecule has 2 fully saturated rings. The molecule has 2 amide bonds. The van der Waals surface area contributed by atoms with Crippen LogP contribution in [0.5, 0.6) is 0 Å². The van der Waals surface area contributed by atoms with Gasteiger partial charge in [0, 0.05) is 44.3 Å². The number of piperidine rings is 1. The lowest BCUT2D eigenvalue weighted by Gasteiger charge is -2.40. The summed E-state index contributed by atoms with van der Waals surface area (Å²) in [6, 6.07) is 15.5. The number of hydrogen-bond acceptors (Lipinski definition) is 6. The first kappa shape index (κ1) is 22.0. The van der Waals surface area contributed by atoms with E-state index in [1.807, 2.05) is 36.1 Å². The first-order valence-corrected chi connectivity index (χ1v) is 11.7. The van der Waals surface area contributed by atoms with Gasteiger partial charge in [-0.25, -0.2) is 0 Å². The van der Waals surface area contributed by atoms with Crippen molar-refractivity contribution in [3.63, 3.8) is 0 Å². The van der Waals surface area contributed by atoms with Crippen molar-refractivity contribution < 1.29 is 9.59 Å². The van der Waals surface area contributed by atoms with Crippen LogP contribution in [0, 0.1) is 12.8 Å². The number of rotatable bonds is 5. The van der Waals surface area contributed by atoms with E-state index in [1.54, 1.807) is 24.5 Å². The molecule has 0 radical (unpaired) electrons. The number of hydrogen-bond donors (Lipinski definition) is 1. The fraction of sp³-hybridized carbons (Fsp3) is 0.346. The van der Waals surface area contributed by atoms with Gasteiger partial charge in [0.05, 0.1) is 17.3 Å². The normalized spacial score (nSPS) is 16.7. The first-order chi connectivity index (χ1) is 16.6. The Morgan fingerprint density at radius 1 is 0.971 bits per heavy atom. The monoisotopic (exact) mass is 456 g/mol. The van der Waals surface area contributed by atoms with Crippen molar-refractivity contribution in [2.24, 2.45) is 5.92 Å². The molecule has 174 valence electrons. The van der Waals surface area contributed by atoms with Crippen molar-refractivity contribution in [1.29, 1.82) is 0 Å². The largest absolute Gasteiger partial charge is 0.368 e. The van der Waals surface area contributed by atoms with Crippen molar-refractivity contribution >= 4 is 23.2 Å². The molecule has 0 atom stereocenters. The molecular formula is C26H28N6O2. The fourth-order valence-corrected chi connectivity index (χ4v) is 4.73. The predicted molar refractivity (Wildman–Crippen MR) is 130 cm³/mol. The molecule has 1 aromatic carbocycles. The maximum absolute atomic E-state index is 12.7. The van der Waals surface area contributed by atoms with Crippen LogP contribution in [-0.4, -0.2) is 58.1 Å². The summed E-state index contributed by atoms with van der Waals surface area (Å²) >= 11 is 0. The third kappa shape index (κ3) is 4.62. The first-order valence-electron chi connectivity index (χ1n) is 11.7. The van der Waals surface area contributed by atoms with Crippen LogP contribution in [-0.2, 0) is 4.79 Å². The lowest BCUT2D eigenvalue weighted by atomic mass is 9.89. The number of aryl methyl sites for hydroxylation is 1. The minimum absolute atomic E-state index is 0.0181. The smallest absolute Gasteiger partial charge is 0.274 e. The second kappa shape index (κ2) is 9.59. The van der Waals surface area contributed by atoms with Crippen molar-refractivity contribution in [2.45, 2.75) is 25.7 Å². The number of carbonyl (C=O) groups excluding carboxylic acids is 2. The Morgan fingerprint density at radius 2 is 1.71 bits per heavy atom. The number of nitrogens with one attached hydrogen (secondary N) is 1. The summed E-state index contributed by atoms with van der Waals surface area (Å²) in [4.78, 5) is 33.6. The molecule has 0 unspecified atom stereocenters. The standard InChI is InChI=1S/C26H28N6O2/c1-18-24(5-3-12-27-18)32-16-21(17-32)25(33)29-22-8-6-19(7-9-22)20-10-14-31(15-11-20)26(34)23-4-2-13-28-30-23/h2-9,12-13,20-21H,10-11,14-17H2,1H3,(H,29,33). The second-order valence-electron chi connectivity index (χ2n) is 9.00. The van der Waals surface area contributed by atoms with E-state index in [2.05, 4.69) is 37.5 Å². The van der Waals surface area contributed by atoms with E-state index >= 15 is 0 Å². The van der Waals surface area contributed by atoms with Gasteiger partial charge in [-0.1, -0.05) is 12.1 Å². The summed E-state index contributed by atoms with van der Waals surface area (Å²) in [6.45, 7) is 4.81. The molecule has 0 spiro atoms. The number of likely N-dealkylation sites (tertiary alicyclic amines) is 1.